The fourth-order valence-electron chi connectivity index (χ4n) is 3.83. The second-order valence-corrected chi connectivity index (χ2v) is 9.77. The van der Waals surface area contributed by atoms with Crippen molar-refractivity contribution in [3.8, 4) is 11.5 Å². The molecule has 6 nitrogen and oxygen atoms in total. The van der Waals surface area contributed by atoms with Crippen molar-refractivity contribution in [2.45, 2.75) is 40.3 Å². The van der Waals surface area contributed by atoms with Gasteiger partial charge in [0.1, 0.15) is 6.61 Å². The van der Waals surface area contributed by atoms with Crippen LogP contribution in [0.25, 0.3) is 0 Å². The maximum atomic E-state index is 13.2. The number of rotatable bonds is 10. The Morgan fingerprint density at radius 2 is 1.76 bits per heavy atom. The van der Waals surface area contributed by atoms with Gasteiger partial charge in [0.15, 0.2) is 11.5 Å². The van der Waals surface area contributed by atoms with E-state index in [1.807, 2.05) is 53.4 Å². The van der Waals surface area contributed by atoms with Crippen LogP contribution in [0.2, 0.25) is 0 Å². The molecule has 1 aliphatic rings. The Kier molecular flexibility index (Phi) is 9.15. The highest BCUT2D eigenvalue weighted by Gasteiger charge is 2.23. The summed E-state index contributed by atoms with van der Waals surface area (Å²) < 4.78 is 17.0. The van der Waals surface area contributed by atoms with Gasteiger partial charge in [-0.05, 0) is 28.7 Å². The van der Waals surface area contributed by atoms with E-state index < -0.39 is 0 Å². The molecule has 1 fully saturated rings. The third kappa shape index (κ3) is 8.37. The van der Waals surface area contributed by atoms with Crippen molar-refractivity contribution >= 4 is 5.91 Å². The molecule has 0 saturated carbocycles. The quantitative estimate of drug-likeness (QED) is 0.534. The van der Waals surface area contributed by atoms with Crippen LogP contribution in [0.4, 0.5) is 0 Å². The van der Waals surface area contributed by atoms with Crippen LogP contribution in [0.15, 0.2) is 48.5 Å². The molecule has 2 aromatic carbocycles. The minimum Gasteiger partial charge on any atom is -0.493 e. The van der Waals surface area contributed by atoms with E-state index >= 15 is 0 Å². The van der Waals surface area contributed by atoms with E-state index in [1.54, 1.807) is 7.11 Å². The molecule has 0 bridgehead atoms. The van der Waals surface area contributed by atoms with E-state index in [2.05, 4.69) is 25.7 Å². The predicted molar refractivity (Wildman–Crippen MR) is 131 cm³/mol. The lowest BCUT2D eigenvalue weighted by Crippen LogP contribution is -2.43. The van der Waals surface area contributed by atoms with Gasteiger partial charge in [-0.1, -0.05) is 57.2 Å². The highest BCUT2D eigenvalue weighted by molar-refractivity contribution is 5.76. The molecule has 0 spiro atoms. The highest BCUT2D eigenvalue weighted by atomic mass is 16.5. The second kappa shape index (κ2) is 12.1. The first-order chi connectivity index (χ1) is 15.8. The molecule has 33 heavy (non-hydrogen) atoms. The summed E-state index contributed by atoms with van der Waals surface area (Å²) in [5.74, 6) is 1.56. The van der Waals surface area contributed by atoms with Crippen molar-refractivity contribution in [3.05, 3.63) is 59.7 Å². The molecule has 1 amide bonds. The average molecular weight is 455 g/mol. The van der Waals surface area contributed by atoms with Gasteiger partial charge in [-0.3, -0.25) is 9.69 Å². The third-order valence-corrected chi connectivity index (χ3v) is 5.66. The summed E-state index contributed by atoms with van der Waals surface area (Å²) >= 11 is 0. The molecule has 1 saturated heterocycles. The summed E-state index contributed by atoms with van der Waals surface area (Å²) in [4.78, 5) is 17.5. The molecule has 3 rings (SSSR count). The summed E-state index contributed by atoms with van der Waals surface area (Å²) in [7, 11) is 1.64. The Morgan fingerprint density at radius 1 is 1.03 bits per heavy atom. The SMILES string of the molecule is COc1ccc(CN(CCN2CCOCC2)C(=O)CC(C)(C)C)cc1OCc1ccccc1. The van der Waals surface area contributed by atoms with Crippen LogP contribution < -0.4 is 9.47 Å². The number of amides is 1. The molecular weight excluding hydrogens is 416 g/mol. The molecular formula is C27H38N2O4. The van der Waals surface area contributed by atoms with Crippen molar-refractivity contribution in [1.29, 1.82) is 0 Å². The van der Waals surface area contributed by atoms with E-state index in [4.69, 9.17) is 14.2 Å². The number of methoxy groups -OCH3 is 1. The van der Waals surface area contributed by atoms with E-state index in [9.17, 15) is 4.79 Å². The predicted octanol–water partition coefficient (Wildman–Crippen LogP) is 4.37. The van der Waals surface area contributed by atoms with Crippen LogP contribution in [-0.4, -0.2) is 62.2 Å². The lowest BCUT2D eigenvalue weighted by molar-refractivity contribution is -0.134. The first-order valence-electron chi connectivity index (χ1n) is 11.8. The van der Waals surface area contributed by atoms with E-state index in [-0.39, 0.29) is 11.3 Å². The molecule has 0 N–H and O–H groups in total. The summed E-state index contributed by atoms with van der Waals surface area (Å²) in [6.45, 7) is 12.2. The third-order valence-electron chi connectivity index (χ3n) is 5.66. The van der Waals surface area contributed by atoms with Gasteiger partial charge in [0.2, 0.25) is 5.91 Å². The van der Waals surface area contributed by atoms with Crippen LogP contribution in [0, 0.1) is 5.41 Å². The monoisotopic (exact) mass is 454 g/mol. The fourth-order valence-corrected chi connectivity index (χ4v) is 3.83. The Bertz CT molecular complexity index is 873. The minimum absolute atomic E-state index is 0.0574. The lowest BCUT2D eigenvalue weighted by Gasteiger charge is -2.31. The number of hydrogen-bond donors (Lipinski definition) is 0. The summed E-state index contributed by atoms with van der Waals surface area (Å²) in [6.07, 6.45) is 0.517. The van der Waals surface area contributed by atoms with Gasteiger partial charge in [-0.2, -0.15) is 0 Å². The lowest BCUT2D eigenvalue weighted by atomic mass is 9.91. The number of benzene rings is 2. The number of nitrogens with zero attached hydrogens (tertiary/aromatic N) is 2. The number of carbonyl (C=O) groups is 1. The van der Waals surface area contributed by atoms with Crippen molar-refractivity contribution in [1.82, 2.24) is 9.80 Å². The number of ether oxygens (including phenoxy) is 3. The Balaban J connectivity index is 1.71. The van der Waals surface area contributed by atoms with Crippen LogP contribution in [0.1, 0.15) is 38.3 Å². The van der Waals surface area contributed by atoms with Crippen LogP contribution in [0.5, 0.6) is 11.5 Å². The molecule has 1 aliphatic heterocycles. The summed E-state index contributed by atoms with van der Waals surface area (Å²) in [5.41, 5.74) is 2.07. The van der Waals surface area contributed by atoms with Crippen molar-refractivity contribution in [2.75, 3.05) is 46.5 Å². The molecule has 0 aliphatic carbocycles. The molecule has 6 heteroatoms. The van der Waals surface area contributed by atoms with Crippen molar-refractivity contribution in [2.24, 2.45) is 5.41 Å². The van der Waals surface area contributed by atoms with Crippen molar-refractivity contribution in [3.63, 3.8) is 0 Å². The number of morpholine rings is 1. The standard InChI is InChI=1S/C27H38N2O4/c1-27(2,3)19-26(30)29(13-12-28-14-16-32-17-15-28)20-23-10-11-24(31-4)25(18-23)33-21-22-8-6-5-7-9-22/h5-11,18H,12-17,19-21H2,1-4H3. The maximum absolute atomic E-state index is 13.2. The van der Waals surface area contributed by atoms with Gasteiger partial charge in [0, 0.05) is 39.1 Å². The zero-order valence-electron chi connectivity index (χ0n) is 20.5. The van der Waals surface area contributed by atoms with Gasteiger partial charge in [0.25, 0.3) is 0 Å². The fraction of sp³-hybridized carbons (Fsp3) is 0.519. The zero-order chi connectivity index (χ0) is 23.7. The molecule has 0 atom stereocenters. The molecule has 0 aromatic heterocycles. The molecule has 1 heterocycles. The highest BCUT2D eigenvalue weighted by Crippen LogP contribution is 2.30. The average Bonchev–Trinajstić information content (AvgIpc) is 2.80. The van der Waals surface area contributed by atoms with E-state index in [0.717, 1.165) is 44.0 Å². The first kappa shape index (κ1) is 25.1. The first-order valence-corrected chi connectivity index (χ1v) is 11.8. The summed E-state index contributed by atoms with van der Waals surface area (Å²) in [5, 5.41) is 0. The van der Waals surface area contributed by atoms with Gasteiger partial charge in [-0.15, -0.1) is 0 Å². The normalized spacial score (nSPS) is 14.7. The Labute approximate surface area is 198 Å². The van der Waals surface area contributed by atoms with Crippen LogP contribution in [0.3, 0.4) is 0 Å². The van der Waals surface area contributed by atoms with Gasteiger partial charge in [0.05, 0.1) is 20.3 Å². The second-order valence-electron chi connectivity index (χ2n) is 9.77. The van der Waals surface area contributed by atoms with Crippen LogP contribution in [-0.2, 0) is 22.7 Å². The number of hydrogen-bond acceptors (Lipinski definition) is 5. The van der Waals surface area contributed by atoms with Gasteiger partial charge >= 0.3 is 0 Å². The smallest absolute Gasteiger partial charge is 0.223 e. The molecule has 2 aromatic rings. The maximum Gasteiger partial charge on any atom is 0.223 e. The van der Waals surface area contributed by atoms with Crippen LogP contribution >= 0.6 is 0 Å². The Hall–Kier alpha value is -2.57. The topological polar surface area (TPSA) is 51.2 Å². The molecule has 0 radical (unpaired) electrons. The van der Waals surface area contributed by atoms with Gasteiger partial charge in [-0.25, -0.2) is 0 Å². The van der Waals surface area contributed by atoms with E-state index in [0.29, 0.717) is 37.6 Å². The molecule has 0 unspecified atom stereocenters. The Morgan fingerprint density at radius 3 is 2.42 bits per heavy atom. The van der Waals surface area contributed by atoms with Gasteiger partial charge < -0.3 is 19.1 Å². The summed E-state index contributed by atoms with van der Waals surface area (Å²) in [6, 6.07) is 16.0. The van der Waals surface area contributed by atoms with E-state index in [1.165, 1.54) is 0 Å². The zero-order valence-corrected chi connectivity index (χ0v) is 20.5. The molecule has 180 valence electrons. The minimum atomic E-state index is -0.0574. The number of carbonyl (C=O) groups excluding carboxylic acids is 1. The largest absolute Gasteiger partial charge is 0.493 e. The van der Waals surface area contributed by atoms with Crippen molar-refractivity contribution < 1.29 is 19.0 Å².